The molecule has 152 valence electrons. The zero-order valence-corrected chi connectivity index (χ0v) is 16.5. The maximum atomic E-state index is 12.8. The van der Waals surface area contributed by atoms with Crippen LogP contribution in [0.5, 0.6) is 11.5 Å². The zero-order valence-electron chi connectivity index (χ0n) is 16.5. The van der Waals surface area contributed by atoms with Crippen LogP contribution in [0.25, 0.3) is 11.1 Å². The molecule has 1 saturated heterocycles. The van der Waals surface area contributed by atoms with Gasteiger partial charge in [-0.15, -0.1) is 0 Å². The second-order valence-corrected chi connectivity index (χ2v) is 7.48. The number of hydrogen-bond donors (Lipinski definition) is 1. The molecule has 30 heavy (non-hydrogen) atoms. The Kier molecular flexibility index (Phi) is 4.93. The van der Waals surface area contributed by atoms with E-state index in [1.54, 1.807) is 6.07 Å². The summed E-state index contributed by atoms with van der Waals surface area (Å²) in [5.41, 5.74) is 2.78. The molecule has 5 rings (SSSR count). The molecule has 0 aliphatic carbocycles. The van der Waals surface area contributed by atoms with Gasteiger partial charge < -0.3 is 19.7 Å². The van der Waals surface area contributed by atoms with Gasteiger partial charge in [-0.1, -0.05) is 30.3 Å². The standard InChI is InChI=1S/C23H22N4O3/c28-22(26-19-8-9-20-21(11-19)30-15-29-20)17-7-4-10-27(14-17)23-24-12-18(13-25-23)16-5-2-1-3-6-16/h1-3,5-6,8-9,11-13,17H,4,7,10,14-15H2,(H,26,28)/t17-/m0/s1. The number of piperidine rings is 1. The quantitative estimate of drug-likeness (QED) is 0.717. The Bertz CT molecular complexity index is 1040. The first kappa shape index (κ1) is 18.4. The van der Waals surface area contributed by atoms with E-state index >= 15 is 0 Å². The van der Waals surface area contributed by atoms with Gasteiger partial charge in [0.25, 0.3) is 0 Å². The Morgan fingerprint density at radius 1 is 1.00 bits per heavy atom. The van der Waals surface area contributed by atoms with E-state index in [1.165, 1.54) is 0 Å². The molecule has 3 heterocycles. The van der Waals surface area contributed by atoms with Crippen molar-refractivity contribution in [2.75, 3.05) is 30.1 Å². The molecule has 1 fully saturated rings. The molecule has 2 aliphatic heterocycles. The van der Waals surface area contributed by atoms with Gasteiger partial charge in [0.15, 0.2) is 11.5 Å². The van der Waals surface area contributed by atoms with Gasteiger partial charge in [-0.3, -0.25) is 4.79 Å². The van der Waals surface area contributed by atoms with Crippen LogP contribution in [0.1, 0.15) is 12.8 Å². The molecule has 0 bridgehead atoms. The van der Waals surface area contributed by atoms with Crippen molar-refractivity contribution in [3.05, 3.63) is 60.9 Å². The van der Waals surface area contributed by atoms with Gasteiger partial charge in [0.1, 0.15) is 0 Å². The maximum Gasteiger partial charge on any atom is 0.231 e. The van der Waals surface area contributed by atoms with Gasteiger partial charge >= 0.3 is 0 Å². The van der Waals surface area contributed by atoms with Crippen LogP contribution in [0, 0.1) is 5.92 Å². The van der Waals surface area contributed by atoms with Crippen molar-refractivity contribution >= 4 is 17.5 Å². The third-order valence-electron chi connectivity index (χ3n) is 5.46. The fourth-order valence-electron chi connectivity index (χ4n) is 3.86. The molecule has 0 spiro atoms. The summed E-state index contributed by atoms with van der Waals surface area (Å²) in [5.74, 6) is 1.90. The van der Waals surface area contributed by atoms with Crippen LogP contribution < -0.4 is 19.7 Å². The van der Waals surface area contributed by atoms with E-state index in [-0.39, 0.29) is 18.6 Å². The van der Waals surface area contributed by atoms with Gasteiger partial charge in [0.05, 0.1) is 5.92 Å². The van der Waals surface area contributed by atoms with Crippen molar-refractivity contribution in [1.82, 2.24) is 9.97 Å². The van der Waals surface area contributed by atoms with Crippen molar-refractivity contribution in [1.29, 1.82) is 0 Å². The van der Waals surface area contributed by atoms with E-state index in [4.69, 9.17) is 9.47 Å². The number of anilines is 2. The highest BCUT2D eigenvalue weighted by Gasteiger charge is 2.27. The Morgan fingerprint density at radius 3 is 2.63 bits per heavy atom. The lowest BCUT2D eigenvalue weighted by Gasteiger charge is -2.32. The lowest BCUT2D eigenvalue weighted by molar-refractivity contribution is -0.120. The third-order valence-corrected chi connectivity index (χ3v) is 5.46. The molecule has 1 N–H and O–H groups in total. The SMILES string of the molecule is O=C(Nc1ccc2c(c1)OCO2)[C@H]1CCCN(c2ncc(-c3ccccc3)cn2)C1. The number of hydrogen-bond acceptors (Lipinski definition) is 6. The summed E-state index contributed by atoms with van der Waals surface area (Å²) >= 11 is 0. The molecule has 7 heteroatoms. The number of nitrogens with one attached hydrogen (secondary N) is 1. The number of amides is 1. The van der Waals surface area contributed by atoms with Crippen molar-refractivity contribution in [2.45, 2.75) is 12.8 Å². The minimum atomic E-state index is -0.124. The number of carbonyl (C=O) groups excluding carboxylic acids is 1. The van der Waals surface area contributed by atoms with Crippen LogP contribution in [0.3, 0.4) is 0 Å². The third kappa shape index (κ3) is 3.78. The molecule has 2 aromatic carbocycles. The van der Waals surface area contributed by atoms with Gasteiger partial charge in [0, 0.05) is 42.8 Å². The Morgan fingerprint density at radius 2 is 1.80 bits per heavy atom. The van der Waals surface area contributed by atoms with Crippen molar-refractivity contribution < 1.29 is 14.3 Å². The van der Waals surface area contributed by atoms with E-state index in [0.717, 1.165) is 30.5 Å². The predicted molar refractivity (Wildman–Crippen MR) is 114 cm³/mol. The molecule has 0 unspecified atom stereocenters. The molecule has 2 aliphatic rings. The monoisotopic (exact) mass is 402 g/mol. The number of benzene rings is 2. The summed E-state index contributed by atoms with van der Waals surface area (Å²) in [6.45, 7) is 1.66. The van der Waals surface area contributed by atoms with Crippen molar-refractivity contribution in [3.63, 3.8) is 0 Å². The summed E-state index contributed by atoms with van der Waals surface area (Å²) in [6.07, 6.45) is 5.44. The van der Waals surface area contributed by atoms with Crippen LogP contribution in [0.2, 0.25) is 0 Å². The van der Waals surface area contributed by atoms with Gasteiger partial charge in [0.2, 0.25) is 18.6 Å². The molecular weight excluding hydrogens is 380 g/mol. The fraction of sp³-hybridized carbons (Fsp3) is 0.261. The number of nitrogens with zero attached hydrogens (tertiary/aromatic N) is 3. The molecule has 0 saturated carbocycles. The highest BCUT2D eigenvalue weighted by Crippen LogP contribution is 2.34. The van der Waals surface area contributed by atoms with Crippen LogP contribution in [0.4, 0.5) is 11.6 Å². The Hall–Kier alpha value is -3.61. The number of carbonyl (C=O) groups is 1. The lowest BCUT2D eigenvalue weighted by atomic mass is 9.97. The highest BCUT2D eigenvalue weighted by molar-refractivity contribution is 5.93. The highest BCUT2D eigenvalue weighted by atomic mass is 16.7. The summed E-state index contributed by atoms with van der Waals surface area (Å²) in [6, 6.07) is 15.5. The fourth-order valence-corrected chi connectivity index (χ4v) is 3.86. The molecule has 1 atom stereocenters. The van der Waals surface area contributed by atoms with Gasteiger partial charge in [-0.05, 0) is 30.5 Å². The van der Waals surface area contributed by atoms with Crippen LogP contribution >= 0.6 is 0 Å². The minimum Gasteiger partial charge on any atom is -0.454 e. The largest absolute Gasteiger partial charge is 0.454 e. The van der Waals surface area contributed by atoms with Crippen LogP contribution in [0.15, 0.2) is 60.9 Å². The zero-order chi connectivity index (χ0) is 20.3. The lowest BCUT2D eigenvalue weighted by Crippen LogP contribution is -2.41. The van der Waals surface area contributed by atoms with Gasteiger partial charge in [-0.2, -0.15) is 0 Å². The van der Waals surface area contributed by atoms with E-state index in [0.29, 0.717) is 29.7 Å². The number of aromatic nitrogens is 2. The molecule has 1 aromatic heterocycles. The first-order chi connectivity index (χ1) is 14.8. The summed E-state index contributed by atoms with van der Waals surface area (Å²) < 4.78 is 10.7. The van der Waals surface area contributed by atoms with Gasteiger partial charge in [-0.25, -0.2) is 9.97 Å². The normalized spacial score (nSPS) is 17.6. The average molecular weight is 402 g/mol. The smallest absolute Gasteiger partial charge is 0.231 e. The molecular formula is C23H22N4O3. The summed E-state index contributed by atoms with van der Waals surface area (Å²) in [7, 11) is 0. The second kappa shape index (κ2) is 8.02. The van der Waals surface area contributed by atoms with Crippen molar-refractivity contribution in [3.8, 4) is 22.6 Å². The molecule has 1 amide bonds. The predicted octanol–water partition coefficient (Wildman–Crippen LogP) is 3.73. The average Bonchev–Trinajstić information content (AvgIpc) is 3.28. The Labute approximate surface area is 174 Å². The minimum absolute atomic E-state index is 0.000490. The van der Waals surface area contributed by atoms with Crippen LogP contribution in [-0.4, -0.2) is 35.8 Å². The van der Waals surface area contributed by atoms with Crippen molar-refractivity contribution in [2.24, 2.45) is 5.92 Å². The number of rotatable bonds is 4. The van der Waals surface area contributed by atoms with Crippen LogP contribution in [-0.2, 0) is 4.79 Å². The first-order valence-corrected chi connectivity index (χ1v) is 10.1. The van der Waals surface area contributed by atoms with E-state index in [9.17, 15) is 4.79 Å². The molecule has 3 aromatic rings. The molecule has 7 nitrogen and oxygen atoms in total. The first-order valence-electron chi connectivity index (χ1n) is 10.1. The summed E-state index contributed by atoms with van der Waals surface area (Å²) in [5, 5.41) is 3.00. The van der Waals surface area contributed by atoms with E-state index in [1.807, 2.05) is 54.9 Å². The topological polar surface area (TPSA) is 76.6 Å². The summed E-state index contributed by atoms with van der Waals surface area (Å²) in [4.78, 5) is 24.0. The maximum absolute atomic E-state index is 12.8. The number of ether oxygens (including phenoxy) is 2. The van der Waals surface area contributed by atoms with E-state index in [2.05, 4.69) is 20.2 Å². The second-order valence-electron chi connectivity index (χ2n) is 7.48. The Balaban J connectivity index is 1.25. The molecule has 0 radical (unpaired) electrons. The van der Waals surface area contributed by atoms with E-state index < -0.39 is 0 Å². The number of fused-ring (bicyclic) bond motifs is 1.